The Kier molecular flexibility index (Phi) is 6.74. The number of hydrogen-bond donors (Lipinski definition) is 1. The lowest BCUT2D eigenvalue weighted by atomic mass is 10.2. The first-order valence-corrected chi connectivity index (χ1v) is 9.09. The lowest BCUT2D eigenvalue weighted by Gasteiger charge is -2.04. The summed E-state index contributed by atoms with van der Waals surface area (Å²) in [5, 5.41) is 2.84. The van der Waals surface area contributed by atoms with Crippen LogP contribution < -0.4 is 5.32 Å². The fourth-order valence-corrected chi connectivity index (χ4v) is 3.44. The summed E-state index contributed by atoms with van der Waals surface area (Å²) in [5.74, 6) is 2.54. The van der Waals surface area contributed by atoms with E-state index in [4.69, 9.17) is 4.42 Å². The molecule has 2 aromatic rings. The van der Waals surface area contributed by atoms with Gasteiger partial charge in [-0.2, -0.15) is 11.8 Å². The maximum atomic E-state index is 11.9. The summed E-state index contributed by atoms with van der Waals surface area (Å²) in [7, 11) is 0. The Morgan fingerprint density at radius 3 is 2.82 bits per heavy atom. The molecule has 2 aromatic heterocycles. The summed E-state index contributed by atoms with van der Waals surface area (Å²) in [5.41, 5.74) is 0. The molecule has 0 bridgehead atoms. The smallest absolute Gasteiger partial charge is 0.220 e. The van der Waals surface area contributed by atoms with E-state index in [9.17, 15) is 9.59 Å². The molecule has 1 N–H and O–H groups in total. The number of hydrogen-bond acceptors (Lipinski definition) is 5. The number of Topliss-reactive ketones (excluding diaryl/α,β-unsaturated/α-hetero) is 1. The van der Waals surface area contributed by atoms with E-state index in [0.717, 1.165) is 27.0 Å². The summed E-state index contributed by atoms with van der Waals surface area (Å²) in [6, 6.07) is 7.55. The van der Waals surface area contributed by atoms with Crippen LogP contribution in [0.25, 0.3) is 0 Å². The van der Waals surface area contributed by atoms with Gasteiger partial charge in [-0.1, -0.05) is 0 Å². The Balaban J connectivity index is 1.55. The number of nitrogens with one attached hydrogen (secondary N) is 1. The van der Waals surface area contributed by atoms with Gasteiger partial charge in [-0.25, -0.2) is 0 Å². The third-order valence-electron chi connectivity index (χ3n) is 2.99. The van der Waals surface area contributed by atoms with Crippen molar-refractivity contribution in [2.75, 3.05) is 12.3 Å². The predicted molar refractivity (Wildman–Crippen MR) is 90.5 cm³/mol. The minimum Gasteiger partial charge on any atom is -0.468 e. The molecule has 22 heavy (non-hydrogen) atoms. The Bertz CT molecular complexity index is 605. The molecular formula is C16H19NO3S2. The molecule has 0 aliphatic rings. The van der Waals surface area contributed by atoms with Gasteiger partial charge in [-0.15, -0.1) is 11.3 Å². The van der Waals surface area contributed by atoms with Crippen LogP contribution >= 0.6 is 23.1 Å². The monoisotopic (exact) mass is 337 g/mol. The number of carbonyl (C=O) groups excluding carboxylic acids is 2. The van der Waals surface area contributed by atoms with Gasteiger partial charge in [0.1, 0.15) is 5.76 Å². The fourth-order valence-electron chi connectivity index (χ4n) is 1.85. The standard InChI is InChI=1S/C16H19NO3S2/c1-12-4-6-15(22-12)14(18)5-7-16(19)17-8-10-21-11-13-3-2-9-20-13/h2-4,6,9H,5,7-8,10-11H2,1H3,(H,17,19). The molecule has 0 radical (unpaired) electrons. The van der Waals surface area contributed by atoms with Crippen LogP contribution in [0.4, 0.5) is 0 Å². The molecule has 0 spiro atoms. The number of amides is 1. The largest absolute Gasteiger partial charge is 0.468 e. The van der Waals surface area contributed by atoms with Gasteiger partial charge in [-0.3, -0.25) is 9.59 Å². The van der Waals surface area contributed by atoms with E-state index in [1.54, 1.807) is 18.0 Å². The molecule has 0 saturated heterocycles. The van der Waals surface area contributed by atoms with Gasteiger partial charge in [0.05, 0.1) is 16.9 Å². The topological polar surface area (TPSA) is 59.3 Å². The number of carbonyl (C=O) groups is 2. The Morgan fingerprint density at radius 1 is 1.27 bits per heavy atom. The average Bonchev–Trinajstić information content (AvgIpc) is 3.16. The van der Waals surface area contributed by atoms with Crippen LogP contribution in [-0.4, -0.2) is 24.0 Å². The van der Waals surface area contributed by atoms with E-state index in [0.29, 0.717) is 6.54 Å². The molecule has 6 heteroatoms. The summed E-state index contributed by atoms with van der Waals surface area (Å²) in [4.78, 5) is 25.4. The molecular weight excluding hydrogens is 318 g/mol. The minimum absolute atomic E-state index is 0.0421. The fraction of sp³-hybridized carbons (Fsp3) is 0.375. The van der Waals surface area contributed by atoms with E-state index in [-0.39, 0.29) is 24.5 Å². The number of thiophene rings is 1. The molecule has 0 fully saturated rings. The molecule has 4 nitrogen and oxygen atoms in total. The highest BCUT2D eigenvalue weighted by molar-refractivity contribution is 7.98. The molecule has 0 saturated carbocycles. The normalized spacial score (nSPS) is 10.6. The summed E-state index contributed by atoms with van der Waals surface area (Å²) < 4.78 is 5.23. The van der Waals surface area contributed by atoms with Crippen molar-refractivity contribution < 1.29 is 14.0 Å². The molecule has 118 valence electrons. The lowest BCUT2D eigenvalue weighted by molar-refractivity contribution is -0.120. The van der Waals surface area contributed by atoms with E-state index in [2.05, 4.69) is 5.32 Å². The minimum atomic E-state index is -0.0692. The van der Waals surface area contributed by atoms with Crippen molar-refractivity contribution in [2.45, 2.75) is 25.5 Å². The van der Waals surface area contributed by atoms with Gasteiger partial charge in [-0.05, 0) is 31.2 Å². The van der Waals surface area contributed by atoms with Crippen LogP contribution in [0.3, 0.4) is 0 Å². The van der Waals surface area contributed by atoms with Crippen LogP contribution in [0.2, 0.25) is 0 Å². The molecule has 0 aliphatic heterocycles. The second-order valence-corrected chi connectivity index (χ2v) is 7.21. The van der Waals surface area contributed by atoms with Gasteiger partial charge >= 0.3 is 0 Å². The van der Waals surface area contributed by atoms with Crippen LogP contribution in [-0.2, 0) is 10.5 Å². The third-order valence-corrected chi connectivity index (χ3v) is 5.01. The number of aryl methyl sites for hydroxylation is 1. The van der Waals surface area contributed by atoms with Crippen LogP contribution in [0.5, 0.6) is 0 Å². The van der Waals surface area contributed by atoms with Crippen LogP contribution in [0, 0.1) is 6.92 Å². The highest BCUT2D eigenvalue weighted by Crippen LogP contribution is 2.17. The van der Waals surface area contributed by atoms with Crippen LogP contribution in [0.1, 0.15) is 33.2 Å². The van der Waals surface area contributed by atoms with E-state index >= 15 is 0 Å². The number of rotatable bonds is 9. The van der Waals surface area contributed by atoms with Crippen molar-refractivity contribution in [3.05, 3.63) is 46.0 Å². The third kappa shape index (κ3) is 5.69. The Labute approximate surface area is 138 Å². The number of furan rings is 1. The van der Waals surface area contributed by atoms with Crippen molar-refractivity contribution >= 4 is 34.8 Å². The van der Waals surface area contributed by atoms with E-state index in [1.807, 2.05) is 31.2 Å². The molecule has 0 aromatic carbocycles. The first-order valence-electron chi connectivity index (χ1n) is 7.11. The Hall–Kier alpha value is -1.53. The van der Waals surface area contributed by atoms with Crippen molar-refractivity contribution in [1.82, 2.24) is 5.32 Å². The van der Waals surface area contributed by atoms with E-state index in [1.165, 1.54) is 11.3 Å². The zero-order valence-electron chi connectivity index (χ0n) is 12.5. The molecule has 2 rings (SSSR count). The maximum Gasteiger partial charge on any atom is 0.220 e. The first kappa shape index (κ1) is 16.8. The molecule has 0 atom stereocenters. The summed E-state index contributed by atoms with van der Waals surface area (Å²) in [6.45, 7) is 2.57. The Morgan fingerprint density at radius 2 is 2.14 bits per heavy atom. The van der Waals surface area contributed by atoms with Gasteiger partial charge in [0.25, 0.3) is 0 Å². The molecule has 1 amide bonds. The maximum absolute atomic E-state index is 11.9. The van der Waals surface area contributed by atoms with Gasteiger partial charge in [0.15, 0.2) is 5.78 Å². The van der Waals surface area contributed by atoms with Gasteiger partial charge in [0, 0.05) is 30.0 Å². The quantitative estimate of drug-likeness (QED) is 0.560. The van der Waals surface area contributed by atoms with Gasteiger partial charge < -0.3 is 9.73 Å². The zero-order chi connectivity index (χ0) is 15.8. The first-order chi connectivity index (χ1) is 10.6. The highest BCUT2D eigenvalue weighted by atomic mass is 32.2. The van der Waals surface area contributed by atoms with Crippen molar-refractivity contribution in [3.8, 4) is 0 Å². The van der Waals surface area contributed by atoms with Crippen LogP contribution in [0.15, 0.2) is 34.9 Å². The van der Waals surface area contributed by atoms with Gasteiger partial charge in [0.2, 0.25) is 5.91 Å². The molecule has 0 unspecified atom stereocenters. The summed E-state index contributed by atoms with van der Waals surface area (Å²) in [6.07, 6.45) is 2.17. The second kappa shape index (κ2) is 8.80. The summed E-state index contributed by atoms with van der Waals surface area (Å²) >= 11 is 3.18. The number of ketones is 1. The highest BCUT2D eigenvalue weighted by Gasteiger charge is 2.10. The predicted octanol–water partition coefficient (Wildman–Crippen LogP) is 3.66. The SMILES string of the molecule is Cc1ccc(C(=O)CCC(=O)NCCSCc2ccco2)s1. The average molecular weight is 337 g/mol. The van der Waals surface area contributed by atoms with Crippen molar-refractivity contribution in [2.24, 2.45) is 0 Å². The lowest BCUT2D eigenvalue weighted by Crippen LogP contribution is -2.26. The van der Waals surface area contributed by atoms with Crippen molar-refractivity contribution in [3.63, 3.8) is 0 Å². The molecule has 2 heterocycles. The van der Waals surface area contributed by atoms with E-state index < -0.39 is 0 Å². The second-order valence-electron chi connectivity index (χ2n) is 4.82. The molecule has 0 aliphatic carbocycles. The number of thioether (sulfide) groups is 1. The van der Waals surface area contributed by atoms with Crippen molar-refractivity contribution in [1.29, 1.82) is 0 Å². The zero-order valence-corrected chi connectivity index (χ0v) is 14.1.